The lowest BCUT2D eigenvalue weighted by Crippen LogP contribution is -1.94. The van der Waals surface area contributed by atoms with Crippen molar-refractivity contribution >= 4 is 11.9 Å². The van der Waals surface area contributed by atoms with Crippen LogP contribution in [-0.2, 0) is 11.4 Å². The second kappa shape index (κ2) is 6.22. The monoisotopic (exact) mass is 296 g/mol. The molecule has 1 aromatic carbocycles. The molecular formula is C19H20O3. The average molecular weight is 296 g/mol. The Hall–Kier alpha value is -2.29. The first kappa shape index (κ1) is 14.6. The van der Waals surface area contributed by atoms with E-state index in [4.69, 9.17) is 9.15 Å². The van der Waals surface area contributed by atoms with E-state index in [9.17, 15) is 4.79 Å². The number of aryl methyl sites for hydroxylation is 2. The van der Waals surface area contributed by atoms with Gasteiger partial charge in [-0.1, -0.05) is 6.07 Å². The van der Waals surface area contributed by atoms with Crippen molar-refractivity contribution < 1.29 is 13.9 Å². The van der Waals surface area contributed by atoms with E-state index in [1.54, 1.807) is 12.2 Å². The highest BCUT2D eigenvalue weighted by molar-refractivity contribution is 5.96. The minimum Gasteiger partial charge on any atom is -0.486 e. The molecule has 114 valence electrons. The smallest absolute Gasteiger partial charge is 0.158 e. The van der Waals surface area contributed by atoms with Crippen LogP contribution in [0.2, 0.25) is 0 Å². The summed E-state index contributed by atoms with van der Waals surface area (Å²) in [6.45, 7) is 4.48. The highest BCUT2D eigenvalue weighted by Crippen LogP contribution is 2.30. The van der Waals surface area contributed by atoms with Gasteiger partial charge in [0, 0.05) is 5.92 Å². The molecule has 2 aromatic rings. The summed E-state index contributed by atoms with van der Waals surface area (Å²) < 4.78 is 11.4. The van der Waals surface area contributed by atoms with E-state index in [1.807, 2.05) is 38.1 Å². The van der Waals surface area contributed by atoms with Crippen LogP contribution in [0.4, 0.5) is 0 Å². The van der Waals surface area contributed by atoms with Gasteiger partial charge in [0.1, 0.15) is 23.9 Å². The molecule has 0 atom stereocenters. The summed E-state index contributed by atoms with van der Waals surface area (Å²) in [6.07, 6.45) is 5.40. The number of ether oxygens (including phenoxy) is 1. The first-order valence-electron chi connectivity index (χ1n) is 7.62. The summed E-state index contributed by atoms with van der Waals surface area (Å²) in [5.41, 5.74) is 2.35. The lowest BCUT2D eigenvalue weighted by Gasteiger charge is -2.06. The Morgan fingerprint density at radius 3 is 2.64 bits per heavy atom. The largest absolute Gasteiger partial charge is 0.486 e. The van der Waals surface area contributed by atoms with Crippen molar-refractivity contribution in [3.8, 4) is 5.75 Å². The van der Waals surface area contributed by atoms with Gasteiger partial charge in [0.2, 0.25) is 0 Å². The molecule has 1 heterocycles. The normalized spacial score (nSPS) is 14.5. The molecule has 0 amide bonds. The minimum absolute atomic E-state index is 0.199. The Morgan fingerprint density at radius 2 is 1.95 bits per heavy atom. The molecule has 0 spiro atoms. The Morgan fingerprint density at radius 1 is 1.23 bits per heavy atom. The number of hydrogen-bond donors (Lipinski definition) is 0. The third kappa shape index (κ3) is 3.88. The lowest BCUT2D eigenvalue weighted by atomic mass is 10.1. The number of carbonyl (C=O) groups is 1. The third-order valence-corrected chi connectivity index (χ3v) is 3.65. The standard InChI is InChI=1S/C19H20O3/c1-13-9-14(2)11-18(10-13)21-12-17-6-5-16(22-17)7-8-19(20)15-3-4-15/h5-11,15H,3-4,12H2,1-2H3/b8-7+. The van der Waals surface area contributed by atoms with Crippen molar-refractivity contribution in [3.05, 3.63) is 59.1 Å². The molecule has 0 saturated heterocycles. The van der Waals surface area contributed by atoms with E-state index in [0.29, 0.717) is 12.4 Å². The summed E-state index contributed by atoms with van der Waals surface area (Å²) in [5.74, 6) is 2.73. The molecule has 3 rings (SSSR count). The molecule has 3 heteroatoms. The Bertz CT molecular complexity index is 685. The topological polar surface area (TPSA) is 39.4 Å². The number of hydrogen-bond acceptors (Lipinski definition) is 3. The fourth-order valence-corrected chi connectivity index (χ4v) is 2.40. The third-order valence-electron chi connectivity index (χ3n) is 3.65. The van der Waals surface area contributed by atoms with Crippen molar-refractivity contribution in [1.29, 1.82) is 0 Å². The van der Waals surface area contributed by atoms with Crippen LogP contribution in [0.1, 0.15) is 35.5 Å². The molecular weight excluding hydrogens is 276 g/mol. The van der Waals surface area contributed by atoms with E-state index < -0.39 is 0 Å². The fourth-order valence-electron chi connectivity index (χ4n) is 2.40. The molecule has 22 heavy (non-hydrogen) atoms. The number of rotatable bonds is 6. The van der Waals surface area contributed by atoms with E-state index in [0.717, 1.165) is 24.4 Å². The highest BCUT2D eigenvalue weighted by Gasteiger charge is 2.27. The molecule has 0 aliphatic heterocycles. The number of allylic oxidation sites excluding steroid dienone is 1. The second-order valence-electron chi connectivity index (χ2n) is 5.93. The van der Waals surface area contributed by atoms with Crippen LogP contribution in [-0.4, -0.2) is 5.78 Å². The maximum absolute atomic E-state index is 11.6. The minimum atomic E-state index is 0.199. The Labute approximate surface area is 130 Å². The maximum Gasteiger partial charge on any atom is 0.158 e. The molecule has 1 fully saturated rings. The molecule has 1 aliphatic carbocycles. The van der Waals surface area contributed by atoms with Crippen molar-refractivity contribution in [3.63, 3.8) is 0 Å². The van der Waals surface area contributed by atoms with Gasteiger partial charge in [-0.3, -0.25) is 4.79 Å². The summed E-state index contributed by atoms with van der Waals surface area (Å²) in [7, 11) is 0. The van der Waals surface area contributed by atoms with Crippen LogP contribution in [0.3, 0.4) is 0 Å². The number of ketones is 1. The highest BCUT2D eigenvalue weighted by atomic mass is 16.5. The zero-order chi connectivity index (χ0) is 15.5. The van der Waals surface area contributed by atoms with Gasteiger partial charge >= 0.3 is 0 Å². The van der Waals surface area contributed by atoms with Crippen molar-refractivity contribution in [2.75, 3.05) is 0 Å². The molecule has 0 unspecified atom stereocenters. The van der Waals surface area contributed by atoms with Crippen LogP contribution in [0.25, 0.3) is 6.08 Å². The van der Waals surface area contributed by atoms with Gasteiger partial charge in [-0.25, -0.2) is 0 Å². The number of carbonyl (C=O) groups excluding carboxylic acids is 1. The molecule has 1 aromatic heterocycles. The molecule has 1 aliphatic rings. The Balaban J connectivity index is 1.58. The molecule has 0 bridgehead atoms. The predicted molar refractivity (Wildman–Crippen MR) is 85.7 cm³/mol. The van der Waals surface area contributed by atoms with Gasteiger partial charge in [-0.2, -0.15) is 0 Å². The van der Waals surface area contributed by atoms with Crippen LogP contribution < -0.4 is 4.74 Å². The van der Waals surface area contributed by atoms with E-state index >= 15 is 0 Å². The van der Waals surface area contributed by atoms with Gasteiger partial charge in [-0.05, 0) is 74.2 Å². The van der Waals surface area contributed by atoms with Gasteiger partial charge in [0.05, 0.1) is 0 Å². The first-order chi connectivity index (χ1) is 10.6. The zero-order valence-electron chi connectivity index (χ0n) is 13.0. The van der Waals surface area contributed by atoms with Gasteiger partial charge in [0.15, 0.2) is 5.78 Å². The van der Waals surface area contributed by atoms with Crippen molar-refractivity contribution in [2.45, 2.75) is 33.3 Å². The quantitative estimate of drug-likeness (QED) is 0.738. The number of benzene rings is 1. The second-order valence-corrected chi connectivity index (χ2v) is 5.93. The van der Waals surface area contributed by atoms with Crippen LogP contribution in [0.5, 0.6) is 5.75 Å². The van der Waals surface area contributed by atoms with E-state index in [1.165, 1.54) is 11.1 Å². The molecule has 0 N–H and O–H groups in total. The van der Waals surface area contributed by atoms with Gasteiger partial charge in [-0.15, -0.1) is 0 Å². The van der Waals surface area contributed by atoms with E-state index in [2.05, 4.69) is 6.07 Å². The molecule has 1 saturated carbocycles. The Kier molecular flexibility index (Phi) is 4.14. The summed E-state index contributed by atoms with van der Waals surface area (Å²) in [6, 6.07) is 9.86. The molecule has 0 radical (unpaired) electrons. The summed E-state index contributed by atoms with van der Waals surface area (Å²) >= 11 is 0. The SMILES string of the molecule is Cc1cc(C)cc(OCc2ccc(/C=C/C(=O)C3CC3)o2)c1. The zero-order valence-corrected chi connectivity index (χ0v) is 13.0. The van der Waals surface area contributed by atoms with Crippen molar-refractivity contribution in [1.82, 2.24) is 0 Å². The fraction of sp³-hybridized carbons (Fsp3) is 0.316. The maximum atomic E-state index is 11.6. The number of furan rings is 1. The first-order valence-corrected chi connectivity index (χ1v) is 7.62. The van der Waals surface area contributed by atoms with Gasteiger partial charge in [0.25, 0.3) is 0 Å². The predicted octanol–water partition coefficient (Wildman–Crippen LogP) is 4.47. The van der Waals surface area contributed by atoms with Gasteiger partial charge < -0.3 is 9.15 Å². The van der Waals surface area contributed by atoms with Crippen LogP contribution >= 0.6 is 0 Å². The van der Waals surface area contributed by atoms with Crippen molar-refractivity contribution in [2.24, 2.45) is 5.92 Å². The summed E-state index contributed by atoms with van der Waals surface area (Å²) in [4.78, 5) is 11.6. The molecule has 3 nitrogen and oxygen atoms in total. The van der Waals surface area contributed by atoms with Crippen LogP contribution in [0, 0.1) is 19.8 Å². The van der Waals surface area contributed by atoms with Crippen LogP contribution in [0.15, 0.2) is 40.8 Å². The summed E-state index contributed by atoms with van der Waals surface area (Å²) in [5, 5.41) is 0. The average Bonchev–Trinajstić information content (AvgIpc) is 3.22. The van der Waals surface area contributed by atoms with E-state index in [-0.39, 0.29) is 11.7 Å². The lowest BCUT2D eigenvalue weighted by molar-refractivity contribution is -0.115.